The van der Waals surface area contributed by atoms with Crippen molar-refractivity contribution in [2.75, 3.05) is 0 Å². The molecule has 1 aromatic heterocycles. The quantitative estimate of drug-likeness (QED) is 0.583. The molecule has 0 aliphatic carbocycles. The molecule has 1 aromatic carbocycles. The van der Waals surface area contributed by atoms with Crippen LogP contribution in [-0.4, -0.2) is 20.4 Å². The van der Waals surface area contributed by atoms with Crippen LogP contribution in [0.1, 0.15) is 16.2 Å². The van der Waals surface area contributed by atoms with E-state index in [1.54, 1.807) is 6.92 Å². The van der Waals surface area contributed by atoms with Crippen molar-refractivity contribution in [1.29, 1.82) is 0 Å². The zero-order valence-corrected chi connectivity index (χ0v) is 9.03. The van der Waals surface area contributed by atoms with E-state index in [2.05, 4.69) is 4.98 Å². The number of hydrogen-bond donors (Lipinski definition) is 0. The van der Waals surface area contributed by atoms with E-state index in [1.165, 1.54) is 41.2 Å². The molecular weight excluding hydrogens is 222 g/mol. The fourth-order valence-electron chi connectivity index (χ4n) is 1.48. The topological polar surface area (TPSA) is 78.0 Å². The number of aromatic nitrogens is 2. The lowest BCUT2D eigenvalue weighted by Crippen LogP contribution is -2.12. The van der Waals surface area contributed by atoms with Crippen molar-refractivity contribution in [2.45, 2.75) is 6.92 Å². The maximum absolute atomic E-state index is 12.0. The molecule has 6 nitrogen and oxygen atoms in total. The van der Waals surface area contributed by atoms with Crippen LogP contribution >= 0.6 is 0 Å². The minimum absolute atomic E-state index is 0.103. The first kappa shape index (κ1) is 11.0. The molecule has 0 radical (unpaired) electrons. The molecule has 1 heterocycles. The second kappa shape index (κ2) is 4.17. The fourth-order valence-corrected chi connectivity index (χ4v) is 1.48. The second-order valence-electron chi connectivity index (χ2n) is 3.46. The number of non-ortho nitro benzene ring substituents is 1. The van der Waals surface area contributed by atoms with Crippen molar-refractivity contribution >= 4 is 11.6 Å². The number of aryl methyl sites for hydroxylation is 1. The molecule has 0 atom stereocenters. The van der Waals surface area contributed by atoms with Gasteiger partial charge in [0.05, 0.1) is 4.92 Å². The SMILES string of the molecule is Cc1nccn1C(=O)c1cccc([N+](=O)[O-])c1. The van der Waals surface area contributed by atoms with Crippen molar-refractivity contribution in [3.8, 4) is 0 Å². The molecule has 0 bridgehead atoms. The Balaban J connectivity index is 2.41. The molecule has 86 valence electrons. The fraction of sp³-hybridized carbons (Fsp3) is 0.0909. The number of nitrogens with zero attached hydrogens (tertiary/aromatic N) is 3. The maximum Gasteiger partial charge on any atom is 0.270 e. The van der Waals surface area contributed by atoms with E-state index in [0.29, 0.717) is 5.82 Å². The number of nitro groups is 1. The average molecular weight is 231 g/mol. The van der Waals surface area contributed by atoms with Gasteiger partial charge in [-0.15, -0.1) is 0 Å². The molecule has 2 rings (SSSR count). The Morgan fingerprint density at radius 3 is 2.82 bits per heavy atom. The highest BCUT2D eigenvalue weighted by molar-refractivity contribution is 5.96. The van der Waals surface area contributed by atoms with Crippen LogP contribution in [0.15, 0.2) is 36.7 Å². The highest BCUT2D eigenvalue weighted by Crippen LogP contribution is 2.14. The summed E-state index contributed by atoms with van der Waals surface area (Å²) in [5.41, 5.74) is 0.161. The van der Waals surface area contributed by atoms with Crippen LogP contribution in [0.4, 0.5) is 5.69 Å². The van der Waals surface area contributed by atoms with Crippen LogP contribution in [0.2, 0.25) is 0 Å². The summed E-state index contributed by atoms with van der Waals surface area (Å²) in [6.45, 7) is 1.69. The lowest BCUT2D eigenvalue weighted by atomic mass is 10.2. The smallest absolute Gasteiger partial charge is 0.270 e. The zero-order valence-electron chi connectivity index (χ0n) is 9.03. The number of nitro benzene ring substituents is 1. The first-order valence-corrected chi connectivity index (χ1v) is 4.88. The highest BCUT2D eigenvalue weighted by Gasteiger charge is 2.14. The number of hydrogen-bond acceptors (Lipinski definition) is 4. The Bertz CT molecular complexity index is 589. The molecule has 6 heteroatoms. The van der Waals surface area contributed by atoms with Crippen molar-refractivity contribution in [3.63, 3.8) is 0 Å². The number of rotatable bonds is 2. The molecule has 2 aromatic rings. The lowest BCUT2D eigenvalue weighted by molar-refractivity contribution is -0.384. The van der Waals surface area contributed by atoms with E-state index in [1.807, 2.05) is 0 Å². The molecule has 0 saturated carbocycles. The van der Waals surface area contributed by atoms with Gasteiger partial charge < -0.3 is 0 Å². The largest absolute Gasteiger partial charge is 0.270 e. The van der Waals surface area contributed by atoms with Crippen molar-refractivity contribution in [3.05, 3.63) is 58.2 Å². The van der Waals surface area contributed by atoms with E-state index in [4.69, 9.17) is 0 Å². The van der Waals surface area contributed by atoms with Crippen LogP contribution in [0.25, 0.3) is 0 Å². The number of carbonyl (C=O) groups excluding carboxylic acids is 1. The first-order valence-electron chi connectivity index (χ1n) is 4.88. The monoisotopic (exact) mass is 231 g/mol. The summed E-state index contributed by atoms with van der Waals surface area (Å²) in [5.74, 6) is 0.213. The summed E-state index contributed by atoms with van der Waals surface area (Å²) >= 11 is 0. The second-order valence-corrected chi connectivity index (χ2v) is 3.46. The van der Waals surface area contributed by atoms with Crippen molar-refractivity contribution < 1.29 is 9.72 Å². The Morgan fingerprint density at radius 1 is 1.47 bits per heavy atom. The van der Waals surface area contributed by atoms with E-state index < -0.39 is 4.92 Å². The maximum atomic E-state index is 12.0. The number of benzene rings is 1. The van der Waals surface area contributed by atoms with Gasteiger partial charge in [-0.3, -0.25) is 19.5 Å². The van der Waals surface area contributed by atoms with Gasteiger partial charge in [0.1, 0.15) is 5.82 Å². The Labute approximate surface area is 96.7 Å². The molecule has 0 unspecified atom stereocenters. The van der Waals surface area contributed by atoms with Gasteiger partial charge >= 0.3 is 0 Å². The molecule has 0 aliphatic heterocycles. The molecular formula is C11H9N3O3. The minimum atomic E-state index is -0.530. The number of imidazole rings is 1. The minimum Gasteiger partial charge on any atom is -0.270 e. The van der Waals surface area contributed by atoms with E-state index in [0.717, 1.165) is 0 Å². The van der Waals surface area contributed by atoms with Gasteiger partial charge in [0.15, 0.2) is 0 Å². The lowest BCUT2D eigenvalue weighted by Gasteiger charge is -2.03. The molecule has 0 saturated heterocycles. The standard InChI is InChI=1S/C11H9N3O3/c1-8-12-5-6-13(8)11(15)9-3-2-4-10(7-9)14(16)17/h2-7H,1H3. The summed E-state index contributed by atoms with van der Waals surface area (Å²) < 4.78 is 1.35. The van der Waals surface area contributed by atoms with E-state index >= 15 is 0 Å². The van der Waals surface area contributed by atoms with Gasteiger partial charge in [-0.1, -0.05) is 6.07 Å². The zero-order chi connectivity index (χ0) is 12.4. The van der Waals surface area contributed by atoms with E-state index in [9.17, 15) is 14.9 Å². The third-order valence-electron chi connectivity index (χ3n) is 2.35. The summed E-state index contributed by atoms with van der Waals surface area (Å²) in [6.07, 6.45) is 3.03. The van der Waals surface area contributed by atoms with E-state index in [-0.39, 0.29) is 17.2 Å². The predicted molar refractivity (Wildman–Crippen MR) is 59.8 cm³/mol. The third kappa shape index (κ3) is 2.05. The molecule has 0 N–H and O–H groups in total. The Hall–Kier alpha value is -2.50. The Kier molecular flexibility index (Phi) is 2.70. The summed E-state index contributed by atoms with van der Waals surface area (Å²) in [6, 6.07) is 5.62. The summed E-state index contributed by atoms with van der Waals surface area (Å²) in [5, 5.41) is 10.6. The summed E-state index contributed by atoms with van der Waals surface area (Å²) in [4.78, 5) is 26.0. The number of carbonyl (C=O) groups is 1. The third-order valence-corrected chi connectivity index (χ3v) is 2.35. The molecule has 17 heavy (non-hydrogen) atoms. The van der Waals surface area contributed by atoms with Crippen LogP contribution in [0.5, 0.6) is 0 Å². The van der Waals surface area contributed by atoms with Gasteiger partial charge in [-0.2, -0.15) is 0 Å². The molecule has 0 amide bonds. The molecule has 0 aliphatic rings. The van der Waals surface area contributed by atoms with Crippen LogP contribution in [0.3, 0.4) is 0 Å². The predicted octanol–water partition coefficient (Wildman–Crippen LogP) is 1.79. The molecule has 0 spiro atoms. The molecule has 0 fully saturated rings. The highest BCUT2D eigenvalue weighted by atomic mass is 16.6. The summed E-state index contributed by atoms with van der Waals surface area (Å²) in [7, 11) is 0. The van der Waals surface area contributed by atoms with Crippen LogP contribution < -0.4 is 0 Å². The van der Waals surface area contributed by atoms with Crippen LogP contribution in [-0.2, 0) is 0 Å². The van der Waals surface area contributed by atoms with Gasteiger partial charge in [-0.25, -0.2) is 4.98 Å². The Morgan fingerprint density at radius 2 is 2.24 bits per heavy atom. The van der Waals surface area contributed by atoms with Crippen LogP contribution in [0, 0.1) is 17.0 Å². The van der Waals surface area contributed by atoms with Gasteiger partial charge in [-0.05, 0) is 13.0 Å². The average Bonchev–Trinajstić information content (AvgIpc) is 2.74. The van der Waals surface area contributed by atoms with Gasteiger partial charge in [0.25, 0.3) is 11.6 Å². The normalized spacial score (nSPS) is 10.2. The van der Waals surface area contributed by atoms with Crippen molar-refractivity contribution in [2.24, 2.45) is 0 Å². The van der Waals surface area contributed by atoms with Gasteiger partial charge in [0, 0.05) is 30.1 Å². The van der Waals surface area contributed by atoms with Crippen molar-refractivity contribution in [1.82, 2.24) is 9.55 Å². The first-order chi connectivity index (χ1) is 8.09. The van der Waals surface area contributed by atoms with Gasteiger partial charge in [0.2, 0.25) is 0 Å².